The Hall–Kier alpha value is -2.14. The summed E-state index contributed by atoms with van der Waals surface area (Å²) in [6, 6.07) is 5.58. The second-order valence-electron chi connectivity index (χ2n) is 8.21. The smallest absolute Gasteiger partial charge is 0.227 e. The zero-order valence-corrected chi connectivity index (χ0v) is 18.7. The summed E-state index contributed by atoms with van der Waals surface area (Å²) in [6.45, 7) is 9.01. The molecule has 1 amide bonds. The van der Waals surface area contributed by atoms with E-state index in [0.29, 0.717) is 30.5 Å². The largest absolute Gasteiger partial charge is 0.398 e. The number of benzene rings is 1. The van der Waals surface area contributed by atoms with Crippen LogP contribution in [0.15, 0.2) is 34.8 Å². The van der Waals surface area contributed by atoms with Crippen molar-refractivity contribution in [3.05, 3.63) is 35.4 Å². The monoisotopic (exact) mass is 398 g/mol. The Bertz CT molecular complexity index is 764. The van der Waals surface area contributed by atoms with E-state index in [0.717, 1.165) is 23.4 Å². The summed E-state index contributed by atoms with van der Waals surface area (Å²) in [4.78, 5) is 17.5. The first-order chi connectivity index (χ1) is 13.9. The quantitative estimate of drug-likeness (QED) is 0.305. The lowest BCUT2D eigenvalue weighted by molar-refractivity contribution is -0.122. The molecule has 0 heterocycles. The van der Waals surface area contributed by atoms with Crippen molar-refractivity contribution in [2.75, 3.05) is 24.6 Å². The highest BCUT2D eigenvalue weighted by molar-refractivity contribution is 6.04. The van der Waals surface area contributed by atoms with Crippen LogP contribution in [-0.4, -0.2) is 25.2 Å². The number of anilines is 2. The standard InChI is InChI=1S/C24H38N4O/c1-6-19(17-8-9-17)15(3)20(7-2)21(12-13-25)24(29)28-18-10-11-23(26)22(14-18)16(4)27-5/h6,10-11,14-15,17,20-21H,7-9,12-13,25-26H2,1-5H3,(H,28,29)/b19-6+,27-16-/t15-,20?,21?/m1/s1. The number of nitrogens with two attached hydrogens (primary N) is 2. The fourth-order valence-corrected chi connectivity index (χ4v) is 4.54. The third kappa shape index (κ3) is 5.69. The molecule has 0 spiro atoms. The number of aliphatic imine (C=N–C) groups is 1. The molecule has 2 rings (SSSR count). The lowest BCUT2D eigenvalue weighted by Crippen LogP contribution is -2.35. The fourth-order valence-electron chi connectivity index (χ4n) is 4.54. The van der Waals surface area contributed by atoms with E-state index >= 15 is 0 Å². The number of hydrogen-bond acceptors (Lipinski definition) is 4. The van der Waals surface area contributed by atoms with Gasteiger partial charge in [0.15, 0.2) is 0 Å². The molecular weight excluding hydrogens is 360 g/mol. The molecule has 1 fully saturated rings. The van der Waals surface area contributed by atoms with Gasteiger partial charge in [0, 0.05) is 35.6 Å². The van der Waals surface area contributed by atoms with Crippen LogP contribution in [0.25, 0.3) is 0 Å². The van der Waals surface area contributed by atoms with Crippen LogP contribution < -0.4 is 16.8 Å². The number of hydrogen-bond donors (Lipinski definition) is 3. The van der Waals surface area contributed by atoms with Crippen LogP contribution in [0.1, 0.15) is 58.9 Å². The van der Waals surface area contributed by atoms with Gasteiger partial charge >= 0.3 is 0 Å². The molecule has 0 aliphatic heterocycles. The average Bonchev–Trinajstić information content (AvgIpc) is 3.54. The average molecular weight is 399 g/mol. The van der Waals surface area contributed by atoms with Gasteiger partial charge in [-0.2, -0.15) is 0 Å². The lowest BCUT2D eigenvalue weighted by Gasteiger charge is -2.32. The Balaban J connectivity index is 2.24. The molecule has 5 N–H and O–H groups in total. The maximum atomic E-state index is 13.3. The number of allylic oxidation sites excluding steroid dienone is 2. The van der Waals surface area contributed by atoms with E-state index in [1.807, 2.05) is 25.1 Å². The Morgan fingerprint density at radius 2 is 2.07 bits per heavy atom. The van der Waals surface area contributed by atoms with Gasteiger partial charge in [-0.05, 0) is 75.6 Å². The highest BCUT2D eigenvalue weighted by Gasteiger charge is 2.36. The molecule has 5 heteroatoms. The zero-order valence-electron chi connectivity index (χ0n) is 18.7. The van der Waals surface area contributed by atoms with Gasteiger partial charge in [0.05, 0.1) is 0 Å². The van der Waals surface area contributed by atoms with Crippen LogP contribution >= 0.6 is 0 Å². The Morgan fingerprint density at radius 3 is 2.59 bits per heavy atom. The molecule has 29 heavy (non-hydrogen) atoms. The third-order valence-electron chi connectivity index (χ3n) is 6.40. The molecule has 3 atom stereocenters. The predicted octanol–water partition coefficient (Wildman–Crippen LogP) is 4.63. The number of nitrogen functional groups attached to an aromatic ring is 1. The van der Waals surface area contributed by atoms with Crippen molar-refractivity contribution in [1.82, 2.24) is 0 Å². The zero-order chi connectivity index (χ0) is 21.6. The second kappa shape index (κ2) is 10.6. The van der Waals surface area contributed by atoms with Gasteiger partial charge in [-0.1, -0.05) is 31.9 Å². The van der Waals surface area contributed by atoms with Crippen molar-refractivity contribution < 1.29 is 4.79 Å². The maximum Gasteiger partial charge on any atom is 0.227 e. The SMILES string of the molecule is C/C=C(/C1CC1)[C@@H](C)C(CC)C(CCN)C(=O)Nc1ccc(N)c(/C(C)=N\C)c1. The van der Waals surface area contributed by atoms with Crippen molar-refractivity contribution in [3.63, 3.8) is 0 Å². The Morgan fingerprint density at radius 1 is 1.38 bits per heavy atom. The van der Waals surface area contributed by atoms with E-state index in [1.165, 1.54) is 18.4 Å². The molecule has 2 unspecified atom stereocenters. The number of carbonyl (C=O) groups excluding carboxylic acids is 1. The van der Waals surface area contributed by atoms with Gasteiger partial charge in [-0.15, -0.1) is 0 Å². The number of nitrogens with zero attached hydrogens (tertiary/aromatic N) is 1. The third-order valence-corrected chi connectivity index (χ3v) is 6.40. The van der Waals surface area contributed by atoms with Gasteiger partial charge in [-0.3, -0.25) is 9.79 Å². The van der Waals surface area contributed by atoms with E-state index in [4.69, 9.17) is 11.5 Å². The minimum Gasteiger partial charge on any atom is -0.398 e. The van der Waals surface area contributed by atoms with Crippen molar-refractivity contribution in [1.29, 1.82) is 0 Å². The van der Waals surface area contributed by atoms with Gasteiger partial charge in [0.25, 0.3) is 0 Å². The van der Waals surface area contributed by atoms with E-state index in [9.17, 15) is 4.79 Å². The van der Waals surface area contributed by atoms with Crippen LogP contribution in [-0.2, 0) is 4.79 Å². The summed E-state index contributed by atoms with van der Waals surface area (Å²) in [5.74, 6) is 1.30. The first-order valence-corrected chi connectivity index (χ1v) is 10.9. The summed E-state index contributed by atoms with van der Waals surface area (Å²) in [7, 11) is 1.74. The van der Waals surface area contributed by atoms with Crippen molar-refractivity contribution in [2.45, 2.75) is 53.4 Å². The summed E-state index contributed by atoms with van der Waals surface area (Å²) in [5, 5.41) is 3.12. The first-order valence-electron chi connectivity index (χ1n) is 10.9. The molecule has 1 aliphatic carbocycles. The predicted molar refractivity (Wildman–Crippen MR) is 124 cm³/mol. The number of nitrogens with one attached hydrogen (secondary N) is 1. The van der Waals surface area contributed by atoms with E-state index < -0.39 is 0 Å². The van der Waals surface area contributed by atoms with Crippen molar-refractivity contribution >= 4 is 23.0 Å². The van der Waals surface area contributed by atoms with Crippen LogP contribution in [0, 0.1) is 23.7 Å². The normalized spacial score (nSPS) is 18.3. The molecular formula is C24H38N4O. The number of amides is 1. The summed E-state index contributed by atoms with van der Waals surface area (Å²) >= 11 is 0. The van der Waals surface area contributed by atoms with Crippen LogP contribution in [0.5, 0.6) is 0 Å². The lowest BCUT2D eigenvalue weighted by atomic mass is 9.74. The van der Waals surface area contributed by atoms with Gasteiger partial charge in [0.1, 0.15) is 0 Å². The van der Waals surface area contributed by atoms with Crippen LogP contribution in [0.2, 0.25) is 0 Å². The van der Waals surface area contributed by atoms with Gasteiger partial charge < -0.3 is 16.8 Å². The molecule has 0 saturated heterocycles. The fraction of sp³-hybridized carbons (Fsp3) is 0.583. The van der Waals surface area contributed by atoms with Gasteiger partial charge in [-0.25, -0.2) is 0 Å². The topological polar surface area (TPSA) is 93.5 Å². The molecule has 1 aromatic rings. The molecule has 1 aliphatic rings. The molecule has 0 aromatic heterocycles. The van der Waals surface area contributed by atoms with Crippen LogP contribution in [0.3, 0.4) is 0 Å². The number of rotatable bonds is 10. The first kappa shape index (κ1) is 23.1. The number of carbonyl (C=O) groups is 1. The minimum atomic E-state index is -0.115. The Labute approximate surface area is 176 Å². The molecule has 1 aromatic carbocycles. The molecule has 5 nitrogen and oxygen atoms in total. The summed E-state index contributed by atoms with van der Waals surface area (Å²) in [5.41, 5.74) is 16.6. The van der Waals surface area contributed by atoms with E-state index in [1.54, 1.807) is 7.05 Å². The highest BCUT2D eigenvalue weighted by Crippen LogP contribution is 2.44. The van der Waals surface area contributed by atoms with Crippen molar-refractivity contribution in [3.8, 4) is 0 Å². The second-order valence-corrected chi connectivity index (χ2v) is 8.21. The van der Waals surface area contributed by atoms with Crippen LogP contribution in [0.4, 0.5) is 11.4 Å². The summed E-state index contributed by atoms with van der Waals surface area (Å²) < 4.78 is 0. The Kier molecular flexibility index (Phi) is 8.45. The highest BCUT2D eigenvalue weighted by atomic mass is 16.1. The summed E-state index contributed by atoms with van der Waals surface area (Å²) in [6.07, 6.45) is 6.47. The van der Waals surface area contributed by atoms with E-state index in [2.05, 4.69) is 37.2 Å². The van der Waals surface area contributed by atoms with E-state index in [-0.39, 0.29) is 17.7 Å². The van der Waals surface area contributed by atoms with Gasteiger partial charge in [0.2, 0.25) is 5.91 Å². The molecule has 160 valence electrons. The molecule has 0 bridgehead atoms. The minimum absolute atomic E-state index is 0.0437. The van der Waals surface area contributed by atoms with Crippen molar-refractivity contribution in [2.24, 2.45) is 34.4 Å². The maximum absolute atomic E-state index is 13.3. The molecule has 0 radical (unpaired) electrons. The molecule has 1 saturated carbocycles.